The van der Waals surface area contributed by atoms with E-state index < -0.39 is 0 Å². The lowest BCUT2D eigenvalue weighted by atomic mass is 10.0. The fourth-order valence-electron chi connectivity index (χ4n) is 2.67. The van der Waals surface area contributed by atoms with Gasteiger partial charge >= 0.3 is 0 Å². The molecule has 0 aliphatic heterocycles. The molecule has 6 nitrogen and oxygen atoms in total. The summed E-state index contributed by atoms with van der Waals surface area (Å²) in [7, 11) is 1.71. The molecule has 0 spiro atoms. The molecule has 2 heterocycles. The molecule has 23 heavy (non-hydrogen) atoms. The largest absolute Gasteiger partial charge is 0.324 e. The summed E-state index contributed by atoms with van der Waals surface area (Å²) in [5.41, 5.74) is 9.18. The quantitative estimate of drug-likeness (QED) is 0.782. The van der Waals surface area contributed by atoms with E-state index in [1.807, 2.05) is 32.9 Å². The van der Waals surface area contributed by atoms with Crippen molar-refractivity contribution in [3.05, 3.63) is 51.8 Å². The molecule has 0 bridgehead atoms. The Hall–Kier alpha value is -2.60. The number of aryl methyl sites for hydroxylation is 2. The van der Waals surface area contributed by atoms with E-state index >= 15 is 0 Å². The zero-order valence-corrected chi connectivity index (χ0v) is 13.7. The van der Waals surface area contributed by atoms with Crippen molar-refractivity contribution in [2.45, 2.75) is 26.8 Å². The molecule has 0 saturated carbocycles. The van der Waals surface area contributed by atoms with E-state index in [1.165, 1.54) is 4.57 Å². The van der Waals surface area contributed by atoms with Crippen LogP contribution in [0.2, 0.25) is 0 Å². The highest BCUT2D eigenvalue weighted by molar-refractivity contribution is 5.84. The third-order valence-corrected chi connectivity index (χ3v) is 3.88. The van der Waals surface area contributed by atoms with E-state index in [-0.39, 0.29) is 11.6 Å². The maximum atomic E-state index is 12.8. The van der Waals surface area contributed by atoms with Crippen molar-refractivity contribution in [2.24, 2.45) is 12.8 Å². The first-order valence-electron chi connectivity index (χ1n) is 7.44. The molecule has 0 aliphatic carbocycles. The molecule has 0 amide bonds. The van der Waals surface area contributed by atoms with Gasteiger partial charge in [0, 0.05) is 25.5 Å². The van der Waals surface area contributed by atoms with Gasteiger partial charge in [-0.2, -0.15) is 0 Å². The number of nitrogens with zero attached hydrogens (tertiary/aromatic N) is 4. The predicted molar refractivity (Wildman–Crippen MR) is 90.1 cm³/mol. The number of hydrogen-bond acceptors (Lipinski definition) is 5. The van der Waals surface area contributed by atoms with Crippen molar-refractivity contribution in [2.75, 3.05) is 0 Å². The molecule has 2 aromatic heterocycles. The summed E-state index contributed by atoms with van der Waals surface area (Å²) in [5.74, 6) is 1.21. The molecule has 0 aliphatic rings. The van der Waals surface area contributed by atoms with Gasteiger partial charge in [0.15, 0.2) is 0 Å². The van der Waals surface area contributed by atoms with Crippen LogP contribution in [0.15, 0.2) is 29.3 Å². The Labute approximate surface area is 134 Å². The van der Waals surface area contributed by atoms with Crippen LogP contribution in [0.25, 0.3) is 22.3 Å². The first kappa shape index (κ1) is 15.3. The maximum Gasteiger partial charge on any atom is 0.261 e. The number of fused-ring (bicyclic) bond motifs is 1. The van der Waals surface area contributed by atoms with E-state index in [0.717, 1.165) is 11.1 Å². The monoisotopic (exact) mass is 309 g/mol. The van der Waals surface area contributed by atoms with Gasteiger partial charge in [-0.1, -0.05) is 6.07 Å². The van der Waals surface area contributed by atoms with Gasteiger partial charge in [-0.15, -0.1) is 0 Å². The molecule has 2 N–H and O–H groups in total. The van der Waals surface area contributed by atoms with Crippen LogP contribution >= 0.6 is 0 Å². The lowest BCUT2D eigenvalue weighted by molar-refractivity contribution is 0.813. The minimum absolute atomic E-state index is 0.101. The van der Waals surface area contributed by atoms with E-state index in [9.17, 15) is 4.79 Å². The van der Waals surface area contributed by atoms with Crippen LogP contribution in [0.5, 0.6) is 0 Å². The van der Waals surface area contributed by atoms with Crippen molar-refractivity contribution in [3.63, 3.8) is 0 Å². The van der Waals surface area contributed by atoms with Gasteiger partial charge in [-0.05, 0) is 38.0 Å². The van der Waals surface area contributed by atoms with E-state index in [4.69, 9.17) is 10.7 Å². The molecule has 1 atom stereocenters. The topological polar surface area (TPSA) is 86.7 Å². The van der Waals surface area contributed by atoms with Gasteiger partial charge < -0.3 is 5.73 Å². The molecular weight excluding hydrogens is 290 g/mol. The van der Waals surface area contributed by atoms with Crippen LogP contribution < -0.4 is 11.3 Å². The Bertz CT molecular complexity index is 942. The predicted octanol–water partition coefficient (Wildman–Crippen LogP) is 2.03. The summed E-state index contributed by atoms with van der Waals surface area (Å²) in [6, 6.07) is 3.63. The second kappa shape index (κ2) is 5.55. The average Bonchev–Trinajstić information content (AvgIpc) is 2.51. The van der Waals surface area contributed by atoms with Crippen LogP contribution in [-0.4, -0.2) is 19.5 Å². The highest BCUT2D eigenvalue weighted by atomic mass is 16.1. The van der Waals surface area contributed by atoms with Crippen LogP contribution in [0, 0.1) is 13.8 Å². The minimum Gasteiger partial charge on any atom is -0.324 e. The molecule has 118 valence electrons. The van der Waals surface area contributed by atoms with Crippen molar-refractivity contribution in [3.8, 4) is 11.4 Å². The molecule has 0 radical (unpaired) electrons. The van der Waals surface area contributed by atoms with E-state index in [2.05, 4.69) is 9.97 Å². The average molecular weight is 309 g/mol. The van der Waals surface area contributed by atoms with Crippen molar-refractivity contribution >= 4 is 10.9 Å². The molecule has 1 aromatic carbocycles. The third-order valence-electron chi connectivity index (χ3n) is 3.88. The molecular formula is C17H19N5O. The number of hydrogen-bond donors (Lipinski definition) is 1. The Morgan fingerprint density at radius 1 is 1.17 bits per heavy atom. The van der Waals surface area contributed by atoms with Crippen LogP contribution in [0.4, 0.5) is 0 Å². The Morgan fingerprint density at radius 2 is 1.83 bits per heavy atom. The Kier molecular flexibility index (Phi) is 3.69. The zero-order valence-electron chi connectivity index (χ0n) is 13.7. The van der Waals surface area contributed by atoms with Crippen molar-refractivity contribution in [1.82, 2.24) is 19.5 Å². The summed E-state index contributed by atoms with van der Waals surface area (Å²) in [6.07, 6.45) is 3.35. The summed E-state index contributed by atoms with van der Waals surface area (Å²) in [4.78, 5) is 25.8. The van der Waals surface area contributed by atoms with Crippen LogP contribution in [-0.2, 0) is 7.05 Å². The normalized spacial score (nSPS) is 12.6. The lowest BCUT2D eigenvalue weighted by Gasteiger charge is -2.14. The van der Waals surface area contributed by atoms with E-state index in [1.54, 1.807) is 19.4 Å². The molecule has 0 saturated heterocycles. The number of aromatic nitrogens is 4. The Morgan fingerprint density at radius 3 is 2.43 bits per heavy atom. The third kappa shape index (κ3) is 2.61. The maximum absolute atomic E-state index is 12.8. The van der Waals surface area contributed by atoms with E-state index in [0.29, 0.717) is 28.1 Å². The second-order valence-corrected chi connectivity index (χ2v) is 5.86. The first-order chi connectivity index (χ1) is 10.9. The lowest BCUT2D eigenvalue weighted by Crippen LogP contribution is -2.22. The fraction of sp³-hybridized carbons (Fsp3) is 0.294. The summed E-state index contributed by atoms with van der Waals surface area (Å²) in [6.45, 7) is 5.65. The summed E-state index contributed by atoms with van der Waals surface area (Å²) < 4.78 is 1.53. The minimum atomic E-state index is -0.209. The number of benzene rings is 1. The highest BCUT2D eigenvalue weighted by Crippen LogP contribution is 2.24. The molecule has 0 fully saturated rings. The molecule has 3 aromatic rings. The number of nitrogens with two attached hydrogens (primary N) is 1. The molecule has 3 rings (SSSR count). The molecule has 0 unspecified atom stereocenters. The SMILES string of the molecule is Cc1cc([C@@H](C)N)c2nc(-c3cnc(C)nc3)n(C)c(=O)c2c1. The van der Waals surface area contributed by atoms with Gasteiger partial charge in [-0.3, -0.25) is 9.36 Å². The van der Waals surface area contributed by atoms with Crippen molar-refractivity contribution < 1.29 is 0 Å². The summed E-state index contributed by atoms with van der Waals surface area (Å²) in [5, 5.41) is 0.580. The van der Waals surface area contributed by atoms with Gasteiger partial charge in [0.2, 0.25) is 0 Å². The zero-order chi connectivity index (χ0) is 16.7. The molecule has 6 heteroatoms. The van der Waals surface area contributed by atoms with Crippen LogP contribution in [0.1, 0.15) is 29.9 Å². The van der Waals surface area contributed by atoms with Gasteiger partial charge in [0.05, 0.1) is 16.5 Å². The highest BCUT2D eigenvalue weighted by Gasteiger charge is 2.15. The van der Waals surface area contributed by atoms with Gasteiger partial charge in [-0.25, -0.2) is 15.0 Å². The second-order valence-electron chi connectivity index (χ2n) is 5.86. The van der Waals surface area contributed by atoms with Crippen molar-refractivity contribution in [1.29, 1.82) is 0 Å². The smallest absolute Gasteiger partial charge is 0.261 e. The summed E-state index contributed by atoms with van der Waals surface area (Å²) >= 11 is 0. The number of rotatable bonds is 2. The van der Waals surface area contributed by atoms with Gasteiger partial charge in [0.25, 0.3) is 5.56 Å². The standard InChI is InChI=1S/C17H19N5O/c1-9-5-13(10(2)18)15-14(6-9)17(23)22(4)16(21-15)12-7-19-11(3)20-8-12/h5-8,10H,18H2,1-4H3/t10-/m1/s1. The van der Waals surface area contributed by atoms with Gasteiger partial charge in [0.1, 0.15) is 11.6 Å². The Balaban J connectivity index is 2.39. The fourth-order valence-corrected chi connectivity index (χ4v) is 2.67. The van der Waals surface area contributed by atoms with Crippen LogP contribution in [0.3, 0.4) is 0 Å². The first-order valence-corrected chi connectivity index (χ1v) is 7.44.